The van der Waals surface area contributed by atoms with Crippen molar-refractivity contribution in [3.8, 4) is 0 Å². The Balaban J connectivity index is 1.77. The first-order valence-electron chi connectivity index (χ1n) is 7.40. The predicted molar refractivity (Wildman–Crippen MR) is 78.0 cm³/mol. The van der Waals surface area contributed by atoms with Crippen molar-refractivity contribution >= 4 is 0 Å². The largest absolute Gasteiger partial charge is 0.313 e. The molecule has 0 radical (unpaired) electrons. The molecule has 1 aromatic carbocycles. The molecule has 0 aromatic heterocycles. The maximum absolute atomic E-state index is 13.0. The van der Waals surface area contributed by atoms with Crippen LogP contribution in [0.4, 0.5) is 4.39 Å². The zero-order chi connectivity index (χ0) is 13.7. The van der Waals surface area contributed by atoms with E-state index < -0.39 is 0 Å². The van der Waals surface area contributed by atoms with E-state index in [1.807, 2.05) is 13.0 Å². The van der Waals surface area contributed by atoms with E-state index in [1.165, 1.54) is 24.9 Å². The summed E-state index contributed by atoms with van der Waals surface area (Å²) in [7, 11) is 0. The van der Waals surface area contributed by atoms with Crippen molar-refractivity contribution in [1.82, 2.24) is 10.2 Å². The second-order valence-electron chi connectivity index (χ2n) is 5.56. The van der Waals surface area contributed by atoms with Crippen LogP contribution in [-0.4, -0.2) is 37.1 Å². The summed E-state index contributed by atoms with van der Waals surface area (Å²) in [5.41, 5.74) is 2.34. The molecular weight excluding hydrogens is 239 g/mol. The molecule has 1 unspecified atom stereocenters. The highest BCUT2D eigenvalue weighted by Crippen LogP contribution is 2.14. The topological polar surface area (TPSA) is 15.3 Å². The molecule has 1 saturated heterocycles. The Morgan fingerprint density at radius 1 is 1.42 bits per heavy atom. The van der Waals surface area contributed by atoms with E-state index in [2.05, 4.69) is 17.1 Å². The zero-order valence-corrected chi connectivity index (χ0v) is 12.1. The fraction of sp³-hybridized carbons (Fsp3) is 0.625. The number of halogens is 1. The third-order valence-electron chi connectivity index (χ3n) is 3.96. The Kier molecular flexibility index (Phi) is 5.34. The minimum Gasteiger partial charge on any atom is -0.313 e. The number of rotatable bonds is 6. The molecule has 0 spiro atoms. The number of hydrogen-bond donors (Lipinski definition) is 1. The van der Waals surface area contributed by atoms with Crippen LogP contribution >= 0.6 is 0 Å². The average Bonchev–Trinajstić information content (AvgIpc) is 2.83. The lowest BCUT2D eigenvalue weighted by molar-refractivity contribution is 0.331. The van der Waals surface area contributed by atoms with Gasteiger partial charge in [-0.3, -0.25) is 0 Å². The molecule has 19 heavy (non-hydrogen) atoms. The van der Waals surface area contributed by atoms with Gasteiger partial charge in [-0.2, -0.15) is 0 Å². The summed E-state index contributed by atoms with van der Waals surface area (Å²) >= 11 is 0. The van der Waals surface area contributed by atoms with Gasteiger partial charge in [0.05, 0.1) is 0 Å². The fourth-order valence-corrected chi connectivity index (χ4v) is 2.77. The summed E-state index contributed by atoms with van der Waals surface area (Å²) in [4.78, 5) is 2.51. The first-order valence-corrected chi connectivity index (χ1v) is 7.40. The Bertz CT molecular complexity index is 406. The van der Waals surface area contributed by atoms with Crippen LogP contribution in [-0.2, 0) is 6.42 Å². The normalized spacial score (nSPS) is 20.1. The van der Waals surface area contributed by atoms with Gasteiger partial charge in [0.2, 0.25) is 0 Å². The molecule has 1 heterocycles. The molecule has 0 amide bonds. The van der Waals surface area contributed by atoms with Crippen molar-refractivity contribution in [1.29, 1.82) is 0 Å². The Hall–Kier alpha value is -0.930. The summed E-state index contributed by atoms with van der Waals surface area (Å²) in [5.74, 6) is -0.133. The van der Waals surface area contributed by atoms with E-state index in [0.29, 0.717) is 6.04 Å². The highest BCUT2D eigenvalue weighted by molar-refractivity contribution is 5.26. The van der Waals surface area contributed by atoms with Crippen LogP contribution in [0.25, 0.3) is 0 Å². The number of aryl methyl sites for hydroxylation is 1. The number of nitrogens with zero attached hydrogens (tertiary/aromatic N) is 1. The summed E-state index contributed by atoms with van der Waals surface area (Å²) in [5, 5.41) is 3.59. The lowest BCUT2D eigenvalue weighted by Crippen LogP contribution is -2.33. The van der Waals surface area contributed by atoms with Crippen LogP contribution in [0.2, 0.25) is 0 Å². The van der Waals surface area contributed by atoms with Gasteiger partial charge in [0.15, 0.2) is 0 Å². The van der Waals surface area contributed by atoms with Gasteiger partial charge in [0, 0.05) is 19.1 Å². The van der Waals surface area contributed by atoms with Crippen molar-refractivity contribution < 1.29 is 4.39 Å². The average molecular weight is 264 g/mol. The van der Waals surface area contributed by atoms with Crippen LogP contribution < -0.4 is 5.32 Å². The van der Waals surface area contributed by atoms with E-state index in [1.54, 1.807) is 12.1 Å². The molecule has 1 aliphatic rings. The lowest BCUT2D eigenvalue weighted by Gasteiger charge is -2.17. The minimum atomic E-state index is -0.133. The second kappa shape index (κ2) is 7.01. The van der Waals surface area contributed by atoms with Crippen LogP contribution in [0.1, 0.15) is 30.9 Å². The predicted octanol–water partition coefficient (Wildman–Crippen LogP) is 2.75. The van der Waals surface area contributed by atoms with Gasteiger partial charge in [-0.05, 0) is 62.5 Å². The SMILES string of the molecule is CCCNC1CCN(CCc2ccc(F)cc2C)C1. The van der Waals surface area contributed by atoms with Crippen molar-refractivity contribution in [2.75, 3.05) is 26.2 Å². The Morgan fingerprint density at radius 3 is 3.00 bits per heavy atom. The highest BCUT2D eigenvalue weighted by atomic mass is 19.1. The summed E-state index contributed by atoms with van der Waals surface area (Å²) in [6, 6.07) is 5.78. The zero-order valence-electron chi connectivity index (χ0n) is 12.1. The van der Waals surface area contributed by atoms with E-state index in [4.69, 9.17) is 0 Å². The number of benzene rings is 1. The van der Waals surface area contributed by atoms with Gasteiger partial charge in [0.25, 0.3) is 0 Å². The molecule has 1 fully saturated rings. The Labute approximate surface area is 116 Å². The van der Waals surface area contributed by atoms with Crippen LogP contribution in [0.15, 0.2) is 18.2 Å². The number of nitrogens with one attached hydrogen (secondary N) is 1. The van der Waals surface area contributed by atoms with E-state index in [9.17, 15) is 4.39 Å². The third-order valence-corrected chi connectivity index (χ3v) is 3.96. The van der Waals surface area contributed by atoms with Gasteiger partial charge >= 0.3 is 0 Å². The number of likely N-dealkylation sites (tertiary alicyclic amines) is 1. The molecule has 1 N–H and O–H groups in total. The van der Waals surface area contributed by atoms with Crippen molar-refractivity contribution in [3.63, 3.8) is 0 Å². The maximum atomic E-state index is 13.0. The monoisotopic (exact) mass is 264 g/mol. The third kappa shape index (κ3) is 4.29. The van der Waals surface area contributed by atoms with Crippen LogP contribution in [0, 0.1) is 12.7 Å². The van der Waals surface area contributed by atoms with Crippen molar-refractivity contribution in [3.05, 3.63) is 35.1 Å². The first kappa shape index (κ1) is 14.5. The quantitative estimate of drug-likeness (QED) is 0.850. The molecule has 2 rings (SSSR count). The summed E-state index contributed by atoms with van der Waals surface area (Å²) < 4.78 is 13.0. The van der Waals surface area contributed by atoms with Crippen LogP contribution in [0.5, 0.6) is 0 Å². The first-order chi connectivity index (χ1) is 9.19. The van der Waals surface area contributed by atoms with Crippen molar-refractivity contribution in [2.24, 2.45) is 0 Å². The van der Waals surface area contributed by atoms with Gasteiger partial charge in [0.1, 0.15) is 5.82 Å². The number of hydrogen-bond acceptors (Lipinski definition) is 2. The molecule has 1 aliphatic heterocycles. The molecule has 106 valence electrons. The lowest BCUT2D eigenvalue weighted by atomic mass is 10.1. The van der Waals surface area contributed by atoms with E-state index >= 15 is 0 Å². The second-order valence-corrected chi connectivity index (χ2v) is 5.56. The Morgan fingerprint density at radius 2 is 2.26 bits per heavy atom. The molecule has 0 bridgehead atoms. The van der Waals surface area contributed by atoms with E-state index in [0.717, 1.165) is 31.6 Å². The molecule has 1 atom stereocenters. The molecule has 0 saturated carbocycles. The molecule has 0 aliphatic carbocycles. The minimum absolute atomic E-state index is 0.133. The standard InChI is InChI=1S/C16H25FN2/c1-3-8-18-16-7-10-19(12-16)9-6-14-4-5-15(17)11-13(14)2/h4-5,11,16,18H,3,6-10,12H2,1-2H3. The molecular formula is C16H25FN2. The molecule has 2 nitrogen and oxygen atoms in total. The molecule has 1 aromatic rings. The van der Waals surface area contributed by atoms with Gasteiger partial charge in [-0.1, -0.05) is 13.0 Å². The van der Waals surface area contributed by atoms with E-state index in [-0.39, 0.29) is 5.82 Å². The van der Waals surface area contributed by atoms with Gasteiger partial charge in [-0.15, -0.1) is 0 Å². The summed E-state index contributed by atoms with van der Waals surface area (Å²) in [6.07, 6.45) is 3.47. The smallest absolute Gasteiger partial charge is 0.123 e. The fourth-order valence-electron chi connectivity index (χ4n) is 2.77. The highest BCUT2D eigenvalue weighted by Gasteiger charge is 2.21. The maximum Gasteiger partial charge on any atom is 0.123 e. The van der Waals surface area contributed by atoms with Gasteiger partial charge < -0.3 is 10.2 Å². The van der Waals surface area contributed by atoms with Gasteiger partial charge in [-0.25, -0.2) is 4.39 Å². The van der Waals surface area contributed by atoms with Crippen molar-refractivity contribution in [2.45, 2.75) is 39.2 Å². The van der Waals surface area contributed by atoms with Crippen LogP contribution in [0.3, 0.4) is 0 Å². The summed E-state index contributed by atoms with van der Waals surface area (Å²) in [6.45, 7) is 8.74. The molecule has 3 heteroatoms.